The fourth-order valence-corrected chi connectivity index (χ4v) is 8.35. The minimum atomic E-state index is 0.897. The van der Waals surface area contributed by atoms with Crippen molar-refractivity contribution in [2.45, 2.75) is 0 Å². The molecule has 9 aromatic carbocycles. The standard InChI is InChI=1S/C52H33NO2/c1-2-15-41-34(11-1)12-8-18-42(41)37-13-7-14-40(33-37)53(38-29-25-35(26-30-38)43-19-9-23-49-51(43)45-16-3-5-21-47(45)54-49)39-31-27-36(28-32-39)44-20-10-24-50-52(44)46-17-4-6-22-48(46)55-50/h1-33H. The average Bonchev–Trinajstić information content (AvgIpc) is 3.83. The highest BCUT2D eigenvalue weighted by molar-refractivity contribution is 6.13. The molecule has 3 heteroatoms. The number of rotatable bonds is 6. The molecule has 0 spiro atoms. The van der Waals surface area contributed by atoms with Crippen LogP contribution in [-0.4, -0.2) is 0 Å². The molecule has 0 aliphatic carbocycles. The second kappa shape index (κ2) is 12.6. The SMILES string of the molecule is c1cc(-c2cccc3ccccc23)cc(N(c2ccc(-c3cccc4oc5ccccc5c34)cc2)c2ccc(-c3cccc4oc5ccccc5c34)cc2)c1. The van der Waals surface area contributed by atoms with Gasteiger partial charge < -0.3 is 13.7 Å². The molecule has 0 amide bonds. The quantitative estimate of drug-likeness (QED) is 0.173. The maximum Gasteiger partial charge on any atom is 0.136 e. The van der Waals surface area contributed by atoms with Gasteiger partial charge in [-0.2, -0.15) is 0 Å². The number of nitrogens with zero attached hydrogens (tertiary/aromatic N) is 1. The second-order valence-electron chi connectivity index (χ2n) is 14.1. The minimum Gasteiger partial charge on any atom is -0.456 e. The first kappa shape index (κ1) is 31.2. The van der Waals surface area contributed by atoms with Crippen molar-refractivity contribution in [3.63, 3.8) is 0 Å². The van der Waals surface area contributed by atoms with Gasteiger partial charge >= 0.3 is 0 Å². The van der Waals surface area contributed by atoms with Gasteiger partial charge in [-0.1, -0.05) is 140 Å². The van der Waals surface area contributed by atoms with Crippen LogP contribution in [0.1, 0.15) is 0 Å². The van der Waals surface area contributed by atoms with Gasteiger partial charge in [-0.15, -0.1) is 0 Å². The second-order valence-corrected chi connectivity index (χ2v) is 14.1. The first-order valence-electron chi connectivity index (χ1n) is 18.7. The van der Waals surface area contributed by atoms with Crippen molar-refractivity contribution in [2.24, 2.45) is 0 Å². The van der Waals surface area contributed by atoms with Crippen LogP contribution in [0.4, 0.5) is 17.1 Å². The lowest BCUT2D eigenvalue weighted by Gasteiger charge is -2.26. The molecule has 0 unspecified atom stereocenters. The monoisotopic (exact) mass is 703 g/mol. The Morgan fingerprint density at radius 1 is 0.291 bits per heavy atom. The van der Waals surface area contributed by atoms with E-state index in [1.165, 1.54) is 21.9 Å². The van der Waals surface area contributed by atoms with E-state index in [0.717, 1.165) is 83.2 Å². The van der Waals surface area contributed by atoms with E-state index in [9.17, 15) is 0 Å². The Kier molecular flexibility index (Phi) is 7.17. The topological polar surface area (TPSA) is 29.5 Å². The third kappa shape index (κ3) is 5.20. The minimum absolute atomic E-state index is 0.897. The van der Waals surface area contributed by atoms with Gasteiger partial charge in [0.1, 0.15) is 22.3 Å². The third-order valence-electron chi connectivity index (χ3n) is 10.9. The molecule has 11 aromatic rings. The van der Waals surface area contributed by atoms with Gasteiger partial charge in [-0.3, -0.25) is 0 Å². The molecule has 0 N–H and O–H groups in total. The van der Waals surface area contributed by atoms with Crippen LogP contribution in [0.15, 0.2) is 209 Å². The van der Waals surface area contributed by atoms with Gasteiger partial charge in [0.25, 0.3) is 0 Å². The number of hydrogen-bond donors (Lipinski definition) is 0. The van der Waals surface area contributed by atoms with Gasteiger partial charge in [0.15, 0.2) is 0 Å². The van der Waals surface area contributed by atoms with Gasteiger partial charge in [0.05, 0.1) is 0 Å². The van der Waals surface area contributed by atoms with Crippen molar-refractivity contribution in [1.82, 2.24) is 0 Å². The Balaban J connectivity index is 1.04. The highest BCUT2D eigenvalue weighted by Crippen LogP contribution is 2.42. The summed E-state index contributed by atoms with van der Waals surface area (Å²) in [5.74, 6) is 0. The lowest BCUT2D eigenvalue weighted by atomic mass is 9.97. The lowest BCUT2D eigenvalue weighted by Crippen LogP contribution is -2.10. The molecule has 0 saturated heterocycles. The van der Waals surface area contributed by atoms with Crippen LogP contribution >= 0.6 is 0 Å². The predicted octanol–water partition coefficient (Wildman–Crippen LogP) is 15.1. The Morgan fingerprint density at radius 2 is 0.745 bits per heavy atom. The molecule has 0 bridgehead atoms. The fourth-order valence-electron chi connectivity index (χ4n) is 8.35. The summed E-state index contributed by atoms with van der Waals surface area (Å²) >= 11 is 0. The number of benzene rings is 9. The third-order valence-corrected chi connectivity index (χ3v) is 10.9. The number of furan rings is 2. The maximum absolute atomic E-state index is 6.23. The molecule has 3 nitrogen and oxygen atoms in total. The Bertz CT molecular complexity index is 3040. The molecule has 258 valence electrons. The molecule has 0 aliphatic heterocycles. The Hall–Kier alpha value is -7.36. The highest BCUT2D eigenvalue weighted by atomic mass is 16.3. The number of hydrogen-bond acceptors (Lipinski definition) is 3. The molecular formula is C52H33NO2. The molecule has 0 fully saturated rings. The summed E-state index contributed by atoms with van der Waals surface area (Å²) in [6.07, 6.45) is 0. The molecule has 0 atom stereocenters. The van der Waals surface area contributed by atoms with Crippen molar-refractivity contribution in [2.75, 3.05) is 4.90 Å². The van der Waals surface area contributed by atoms with Crippen LogP contribution in [0.25, 0.3) is 88.0 Å². The van der Waals surface area contributed by atoms with Crippen LogP contribution in [0, 0.1) is 0 Å². The van der Waals surface area contributed by atoms with E-state index in [1.54, 1.807) is 0 Å². The van der Waals surface area contributed by atoms with Crippen molar-refractivity contribution in [1.29, 1.82) is 0 Å². The molecule has 11 rings (SSSR count). The van der Waals surface area contributed by atoms with E-state index >= 15 is 0 Å². The van der Waals surface area contributed by atoms with E-state index in [1.807, 2.05) is 24.3 Å². The van der Waals surface area contributed by atoms with E-state index in [2.05, 4.69) is 181 Å². The summed E-state index contributed by atoms with van der Waals surface area (Å²) in [5.41, 5.74) is 13.8. The Labute approximate surface area is 317 Å². The molecule has 2 heterocycles. The lowest BCUT2D eigenvalue weighted by molar-refractivity contribution is 0.668. The van der Waals surface area contributed by atoms with Crippen molar-refractivity contribution >= 4 is 71.7 Å². The van der Waals surface area contributed by atoms with E-state index < -0.39 is 0 Å². The summed E-state index contributed by atoms with van der Waals surface area (Å²) in [7, 11) is 0. The fraction of sp³-hybridized carbons (Fsp3) is 0. The smallest absolute Gasteiger partial charge is 0.136 e. The maximum atomic E-state index is 6.23. The van der Waals surface area contributed by atoms with Crippen LogP contribution < -0.4 is 4.90 Å². The summed E-state index contributed by atoms with van der Waals surface area (Å²) in [6, 6.07) is 71.0. The molecular weight excluding hydrogens is 671 g/mol. The first-order valence-corrected chi connectivity index (χ1v) is 18.7. The summed E-state index contributed by atoms with van der Waals surface area (Å²) < 4.78 is 12.5. The van der Waals surface area contributed by atoms with Crippen molar-refractivity contribution < 1.29 is 8.83 Å². The molecule has 0 radical (unpaired) electrons. The van der Waals surface area contributed by atoms with Gasteiger partial charge in [0.2, 0.25) is 0 Å². The Morgan fingerprint density at radius 3 is 1.35 bits per heavy atom. The predicted molar refractivity (Wildman–Crippen MR) is 229 cm³/mol. The summed E-state index contributed by atoms with van der Waals surface area (Å²) in [6.45, 7) is 0. The number of para-hydroxylation sites is 2. The van der Waals surface area contributed by atoms with Crippen LogP contribution in [0.3, 0.4) is 0 Å². The van der Waals surface area contributed by atoms with Crippen LogP contribution in [0.2, 0.25) is 0 Å². The zero-order chi connectivity index (χ0) is 36.3. The first-order chi connectivity index (χ1) is 27.3. The normalized spacial score (nSPS) is 11.6. The molecule has 55 heavy (non-hydrogen) atoms. The van der Waals surface area contributed by atoms with Crippen molar-refractivity contribution in [3.05, 3.63) is 200 Å². The zero-order valence-corrected chi connectivity index (χ0v) is 29.8. The zero-order valence-electron chi connectivity index (χ0n) is 29.8. The average molecular weight is 704 g/mol. The van der Waals surface area contributed by atoms with E-state index in [0.29, 0.717) is 0 Å². The van der Waals surface area contributed by atoms with Gasteiger partial charge in [-0.05, 0) is 105 Å². The van der Waals surface area contributed by atoms with E-state index in [-0.39, 0.29) is 0 Å². The van der Waals surface area contributed by atoms with Crippen LogP contribution in [0.5, 0.6) is 0 Å². The number of anilines is 3. The largest absolute Gasteiger partial charge is 0.456 e. The molecule has 2 aromatic heterocycles. The van der Waals surface area contributed by atoms with E-state index in [4.69, 9.17) is 8.83 Å². The van der Waals surface area contributed by atoms with Gasteiger partial charge in [-0.25, -0.2) is 0 Å². The highest BCUT2D eigenvalue weighted by Gasteiger charge is 2.18. The van der Waals surface area contributed by atoms with Crippen LogP contribution in [-0.2, 0) is 0 Å². The molecule has 0 aliphatic rings. The van der Waals surface area contributed by atoms with Crippen molar-refractivity contribution in [3.8, 4) is 33.4 Å². The molecule has 0 saturated carbocycles. The number of fused-ring (bicyclic) bond motifs is 7. The summed E-state index contributed by atoms with van der Waals surface area (Å²) in [4.78, 5) is 2.35. The summed E-state index contributed by atoms with van der Waals surface area (Å²) in [5, 5.41) is 7.01. The van der Waals surface area contributed by atoms with Gasteiger partial charge in [0, 0.05) is 38.6 Å².